The number of hydrogen-bond donors (Lipinski definition) is 3. The molecule has 1 amide bonds. The van der Waals surface area contributed by atoms with Crippen molar-refractivity contribution in [1.82, 2.24) is 20.2 Å². The van der Waals surface area contributed by atoms with Crippen LogP contribution >= 0.6 is 34.5 Å². The standard InChI is InChI=1S/C30H26Cl2F3N7OS/c31-20-9-12-24(23(32)16-20)42-27(22(17-38-29(36)37)26(39-42)28(43)40-41-14-2-1-3-15-41)25-13-11-21(44-25)10-6-18-4-7-19(8-5-18)30(33,34)35/h4-5,7-9,11-13,16H,1-3,14-15,17H2,(H,40,43)(H4,36,37,38). The lowest BCUT2D eigenvalue weighted by atomic mass is 10.1. The van der Waals surface area contributed by atoms with Gasteiger partial charge in [-0.05, 0) is 67.4 Å². The topological polar surface area (TPSA) is 115 Å². The summed E-state index contributed by atoms with van der Waals surface area (Å²) in [5.41, 5.74) is 15.6. The molecule has 0 atom stereocenters. The number of nitrogens with two attached hydrogens (primary N) is 2. The lowest BCUT2D eigenvalue weighted by Gasteiger charge is -2.26. The number of guanidine groups is 1. The van der Waals surface area contributed by atoms with Crippen molar-refractivity contribution in [3.8, 4) is 28.1 Å². The maximum Gasteiger partial charge on any atom is 0.416 e. The number of halogens is 5. The third-order valence-electron chi connectivity index (χ3n) is 6.75. The Balaban J connectivity index is 1.59. The summed E-state index contributed by atoms with van der Waals surface area (Å²) in [6, 6.07) is 13.1. The number of alkyl halides is 3. The molecule has 0 aliphatic carbocycles. The fourth-order valence-corrected chi connectivity index (χ4v) is 6.05. The van der Waals surface area contributed by atoms with Gasteiger partial charge in [-0.25, -0.2) is 14.7 Å². The van der Waals surface area contributed by atoms with Crippen LogP contribution in [0.15, 0.2) is 59.6 Å². The van der Waals surface area contributed by atoms with Crippen LogP contribution in [0.25, 0.3) is 16.3 Å². The largest absolute Gasteiger partial charge is 0.416 e. The molecular formula is C30H26Cl2F3N7OS. The third-order valence-corrected chi connectivity index (χ3v) is 8.30. The van der Waals surface area contributed by atoms with E-state index < -0.39 is 17.6 Å². The van der Waals surface area contributed by atoms with Crippen LogP contribution in [0.4, 0.5) is 13.2 Å². The molecule has 1 fully saturated rings. The molecule has 0 saturated carbocycles. The zero-order valence-corrected chi connectivity index (χ0v) is 25.4. The number of carbonyl (C=O) groups is 1. The fraction of sp³-hybridized carbons (Fsp3) is 0.233. The van der Waals surface area contributed by atoms with Gasteiger partial charge in [0.25, 0.3) is 5.91 Å². The van der Waals surface area contributed by atoms with Crippen LogP contribution in [0.1, 0.15) is 51.3 Å². The Morgan fingerprint density at radius 2 is 1.75 bits per heavy atom. The minimum absolute atomic E-state index is 0.0455. The molecule has 0 bridgehead atoms. The summed E-state index contributed by atoms with van der Waals surface area (Å²) in [7, 11) is 0. The van der Waals surface area contributed by atoms with Crippen LogP contribution in [-0.2, 0) is 12.7 Å². The van der Waals surface area contributed by atoms with E-state index in [0.717, 1.165) is 44.5 Å². The van der Waals surface area contributed by atoms with Gasteiger partial charge in [-0.15, -0.1) is 11.3 Å². The highest BCUT2D eigenvalue weighted by molar-refractivity contribution is 7.16. The van der Waals surface area contributed by atoms with Gasteiger partial charge < -0.3 is 11.5 Å². The van der Waals surface area contributed by atoms with Crippen molar-refractivity contribution < 1.29 is 18.0 Å². The van der Waals surface area contributed by atoms with Gasteiger partial charge in [0.05, 0.1) is 38.3 Å². The molecule has 0 unspecified atom stereocenters. The van der Waals surface area contributed by atoms with Crippen molar-refractivity contribution >= 4 is 46.4 Å². The molecule has 2 aromatic heterocycles. The molecule has 2 aromatic carbocycles. The van der Waals surface area contributed by atoms with E-state index >= 15 is 0 Å². The zero-order chi connectivity index (χ0) is 31.4. The van der Waals surface area contributed by atoms with Crippen LogP contribution in [0, 0.1) is 11.8 Å². The smallest absolute Gasteiger partial charge is 0.370 e. The van der Waals surface area contributed by atoms with Crippen molar-refractivity contribution in [1.29, 1.82) is 0 Å². The molecule has 14 heteroatoms. The number of thiophene rings is 1. The van der Waals surface area contributed by atoms with E-state index in [0.29, 0.717) is 42.3 Å². The Bertz CT molecular complexity index is 1760. The molecule has 1 saturated heterocycles. The minimum atomic E-state index is -4.43. The number of aromatic nitrogens is 2. The number of aliphatic imine (C=N–C) groups is 1. The van der Waals surface area contributed by atoms with Gasteiger partial charge in [0.1, 0.15) is 0 Å². The quantitative estimate of drug-likeness (QED) is 0.129. The second kappa shape index (κ2) is 13.3. The van der Waals surface area contributed by atoms with E-state index in [1.165, 1.54) is 23.5 Å². The van der Waals surface area contributed by atoms with E-state index in [9.17, 15) is 18.0 Å². The summed E-state index contributed by atoms with van der Waals surface area (Å²) in [6.07, 6.45) is -1.40. The summed E-state index contributed by atoms with van der Waals surface area (Å²) in [4.78, 5) is 19.1. The van der Waals surface area contributed by atoms with E-state index in [-0.39, 0.29) is 18.2 Å². The highest BCUT2D eigenvalue weighted by Gasteiger charge is 2.30. The molecule has 0 radical (unpaired) electrons. The van der Waals surface area contributed by atoms with Crippen molar-refractivity contribution in [2.45, 2.75) is 32.0 Å². The van der Waals surface area contributed by atoms with Crippen LogP contribution < -0.4 is 16.9 Å². The first-order valence-corrected chi connectivity index (χ1v) is 15.0. The Kier molecular flexibility index (Phi) is 9.51. The van der Waals surface area contributed by atoms with Crippen molar-refractivity contribution in [2.75, 3.05) is 13.1 Å². The number of piperidine rings is 1. The van der Waals surface area contributed by atoms with Gasteiger partial charge in [0.15, 0.2) is 11.7 Å². The molecule has 228 valence electrons. The summed E-state index contributed by atoms with van der Waals surface area (Å²) in [5.74, 6) is 5.32. The van der Waals surface area contributed by atoms with E-state index in [4.69, 9.17) is 39.8 Å². The van der Waals surface area contributed by atoms with Gasteiger partial charge in [-0.3, -0.25) is 10.2 Å². The summed E-state index contributed by atoms with van der Waals surface area (Å²) < 4.78 is 40.3. The van der Waals surface area contributed by atoms with Crippen LogP contribution in [0.2, 0.25) is 10.0 Å². The molecule has 8 nitrogen and oxygen atoms in total. The second-order valence-electron chi connectivity index (χ2n) is 9.90. The van der Waals surface area contributed by atoms with Crippen molar-refractivity contribution in [2.24, 2.45) is 16.5 Å². The number of rotatable bonds is 6. The molecule has 5 N–H and O–H groups in total. The summed E-state index contributed by atoms with van der Waals surface area (Å²) in [6.45, 7) is 1.39. The average molecular weight is 661 g/mol. The number of nitrogens with one attached hydrogen (secondary N) is 1. The number of benzene rings is 2. The Morgan fingerprint density at radius 3 is 2.41 bits per heavy atom. The lowest BCUT2D eigenvalue weighted by molar-refractivity contribution is -0.137. The predicted molar refractivity (Wildman–Crippen MR) is 167 cm³/mol. The van der Waals surface area contributed by atoms with Crippen LogP contribution in [0.5, 0.6) is 0 Å². The summed E-state index contributed by atoms with van der Waals surface area (Å²) in [5, 5.41) is 7.29. The molecule has 5 rings (SSSR count). The lowest BCUT2D eigenvalue weighted by Crippen LogP contribution is -2.45. The fourth-order valence-electron chi connectivity index (χ4n) is 4.64. The number of nitrogens with zero attached hydrogens (tertiary/aromatic N) is 4. The Labute approximate surface area is 265 Å². The van der Waals surface area contributed by atoms with Gasteiger partial charge >= 0.3 is 6.18 Å². The van der Waals surface area contributed by atoms with Gasteiger partial charge in [-0.2, -0.15) is 18.3 Å². The third kappa shape index (κ3) is 7.36. The molecule has 1 aliphatic rings. The highest BCUT2D eigenvalue weighted by atomic mass is 35.5. The van der Waals surface area contributed by atoms with Crippen molar-refractivity contribution in [3.63, 3.8) is 0 Å². The zero-order valence-electron chi connectivity index (χ0n) is 23.1. The SMILES string of the molecule is NC(N)=NCc1c(C(=O)NN2CCCCC2)nn(-c2ccc(Cl)cc2Cl)c1-c1ccc(C#Cc2ccc(C(F)(F)F)cc2)s1. The first-order chi connectivity index (χ1) is 21.0. The number of amides is 1. The molecule has 4 aromatic rings. The van der Waals surface area contributed by atoms with Crippen LogP contribution in [0.3, 0.4) is 0 Å². The number of hydrazine groups is 1. The molecule has 1 aliphatic heterocycles. The van der Waals surface area contributed by atoms with Gasteiger partial charge in [-0.1, -0.05) is 41.5 Å². The maximum atomic E-state index is 13.6. The molecule has 44 heavy (non-hydrogen) atoms. The van der Waals surface area contributed by atoms with Crippen LogP contribution in [-0.4, -0.2) is 39.7 Å². The normalized spacial score (nSPS) is 13.7. The first-order valence-electron chi connectivity index (χ1n) is 13.5. The van der Waals surface area contributed by atoms with E-state index in [1.54, 1.807) is 28.9 Å². The molecular weight excluding hydrogens is 634 g/mol. The number of hydrogen-bond acceptors (Lipinski definition) is 5. The molecule has 0 spiro atoms. The van der Waals surface area contributed by atoms with Crippen molar-refractivity contribution in [3.05, 3.63) is 91.9 Å². The highest BCUT2D eigenvalue weighted by Crippen LogP contribution is 2.37. The maximum absolute atomic E-state index is 13.6. The Hall–Kier alpha value is -4.02. The summed E-state index contributed by atoms with van der Waals surface area (Å²) >= 11 is 14.1. The average Bonchev–Trinajstić information content (AvgIpc) is 3.60. The monoisotopic (exact) mass is 659 g/mol. The predicted octanol–water partition coefficient (Wildman–Crippen LogP) is 6.23. The van der Waals surface area contributed by atoms with Gasteiger partial charge in [0, 0.05) is 29.2 Å². The Morgan fingerprint density at radius 1 is 1.02 bits per heavy atom. The minimum Gasteiger partial charge on any atom is -0.370 e. The van der Waals surface area contributed by atoms with E-state index in [2.05, 4.69) is 22.3 Å². The second-order valence-corrected chi connectivity index (χ2v) is 11.8. The van der Waals surface area contributed by atoms with E-state index in [1.807, 2.05) is 11.1 Å². The molecule has 3 heterocycles. The van der Waals surface area contributed by atoms with Gasteiger partial charge in [0.2, 0.25) is 0 Å². The first kappa shape index (κ1) is 31.4. The number of carbonyl (C=O) groups excluding carboxylic acids is 1.